The zero-order valence-electron chi connectivity index (χ0n) is 6.69. The Kier molecular flexibility index (Phi) is 5.23. The first-order valence-corrected chi connectivity index (χ1v) is 3.31. The standard InChI is InChI=1S/C5H9BF3O.K/c1-4-2-5(3-10-4)6(7,8)9;/h4-5H,2-3H2,1H3;/q-1;+1. The number of hydrogen-bond donors (Lipinski definition) is 0. The minimum absolute atomic E-state index is 0. The van der Waals surface area contributed by atoms with Crippen molar-refractivity contribution in [3.05, 3.63) is 0 Å². The molecule has 1 aliphatic rings. The van der Waals surface area contributed by atoms with Gasteiger partial charge in [0.1, 0.15) is 0 Å². The molecule has 0 N–H and O–H groups in total. The second-order valence-electron chi connectivity index (χ2n) is 2.77. The summed E-state index contributed by atoms with van der Waals surface area (Å²) in [5.41, 5.74) is 0. The summed E-state index contributed by atoms with van der Waals surface area (Å²) in [6.45, 7) is -3.13. The van der Waals surface area contributed by atoms with Crippen molar-refractivity contribution in [1.29, 1.82) is 0 Å². The van der Waals surface area contributed by atoms with Crippen LogP contribution in [0, 0.1) is 0 Å². The summed E-state index contributed by atoms with van der Waals surface area (Å²) in [6.07, 6.45) is -0.0720. The molecule has 1 heterocycles. The minimum atomic E-state index is -4.66. The van der Waals surface area contributed by atoms with Crippen molar-refractivity contribution in [3.8, 4) is 0 Å². The van der Waals surface area contributed by atoms with Gasteiger partial charge in [-0.3, -0.25) is 0 Å². The van der Waals surface area contributed by atoms with Gasteiger partial charge in [-0.1, -0.05) is 0 Å². The summed E-state index contributed by atoms with van der Waals surface area (Å²) in [7, 11) is 0. The van der Waals surface area contributed by atoms with Gasteiger partial charge < -0.3 is 17.7 Å². The molecule has 0 aromatic heterocycles. The van der Waals surface area contributed by atoms with Crippen molar-refractivity contribution in [2.24, 2.45) is 0 Å². The largest absolute Gasteiger partial charge is 1.00 e. The topological polar surface area (TPSA) is 9.23 Å². The average molecular weight is 192 g/mol. The fraction of sp³-hybridized carbons (Fsp3) is 1.00. The molecule has 0 aliphatic carbocycles. The zero-order valence-corrected chi connectivity index (χ0v) is 9.81. The summed E-state index contributed by atoms with van der Waals surface area (Å²) in [5, 5.41) is 0. The molecule has 1 aliphatic heterocycles. The Morgan fingerprint density at radius 2 is 1.91 bits per heavy atom. The molecule has 2 atom stereocenters. The van der Waals surface area contributed by atoms with Crippen LogP contribution in [0.3, 0.4) is 0 Å². The van der Waals surface area contributed by atoms with Crippen molar-refractivity contribution in [1.82, 2.24) is 0 Å². The Hall–Kier alpha value is 1.45. The molecule has 0 amide bonds. The van der Waals surface area contributed by atoms with Crippen LogP contribution in [0.2, 0.25) is 5.82 Å². The Morgan fingerprint density at radius 3 is 2.09 bits per heavy atom. The third-order valence-corrected chi connectivity index (χ3v) is 1.76. The first-order chi connectivity index (χ1) is 4.50. The van der Waals surface area contributed by atoms with Gasteiger partial charge in [0.15, 0.2) is 0 Å². The second kappa shape index (κ2) is 4.62. The summed E-state index contributed by atoms with van der Waals surface area (Å²) in [6, 6.07) is 0. The smallest absolute Gasteiger partial charge is 0.449 e. The zero-order chi connectivity index (χ0) is 7.78. The normalized spacial score (nSPS) is 31.6. The van der Waals surface area contributed by atoms with Crippen molar-refractivity contribution in [2.75, 3.05) is 6.61 Å². The van der Waals surface area contributed by atoms with Crippen LogP contribution in [-0.2, 0) is 4.74 Å². The van der Waals surface area contributed by atoms with E-state index in [4.69, 9.17) is 4.74 Å². The molecule has 0 saturated carbocycles. The van der Waals surface area contributed by atoms with Crippen LogP contribution in [0.5, 0.6) is 0 Å². The summed E-state index contributed by atoms with van der Waals surface area (Å²) >= 11 is 0. The molecule has 1 rings (SSSR count). The quantitative estimate of drug-likeness (QED) is 0.485. The maximum Gasteiger partial charge on any atom is 1.00 e. The third-order valence-electron chi connectivity index (χ3n) is 1.76. The molecule has 1 saturated heterocycles. The van der Waals surface area contributed by atoms with Crippen LogP contribution in [0.4, 0.5) is 12.9 Å². The molecule has 11 heavy (non-hydrogen) atoms. The van der Waals surface area contributed by atoms with Gasteiger partial charge in [0.05, 0.1) is 6.10 Å². The monoisotopic (exact) mass is 192 g/mol. The number of ether oxygens (including phenoxy) is 1. The first-order valence-electron chi connectivity index (χ1n) is 3.31. The molecule has 2 unspecified atom stereocenters. The SMILES string of the molecule is CC1CC([B-](F)(F)F)CO1.[K+]. The van der Waals surface area contributed by atoms with E-state index in [9.17, 15) is 12.9 Å². The van der Waals surface area contributed by atoms with Crippen LogP contribution >= 0.6 is 0 Å². The molecule has 0 spiro atoms. The number of halogens is 3. The van der Waals surface area contributed by atoms with Crippen molar-refractivity contribution in [2.45, 2.75) is 25.3 Å². The summed E-state index contributed by atoms with van der Waals surface area (Å²) in [5.74, 6) is -1.17. The van der Waals surface area contributed by atoms with Crippen LogP contribution in [0.1, 0.15) is 13.3 Å². The Balaban J connectivity index is 0.000001000. The molecule has 60 valence electrons. The van der Waals surface area contributed by atoms with E-state index in [1.165, 1.54) is 0 Å². The number of rotatable bonds is 1. The Bertz CT molecular complexity index is 129. The van der Waals surface area contributed by atoms with E-state index in [2.05, 4.69) is 0 Å². The molecule has 0 aromatic rings. The third kappa shape index (κ3) is 3.78. The molecule has 6 heteroatoms. The van der Waals surface area contributed by atoms with E-state index in [1.54, 1.807) is 6.92 Å². The number of hydrogen-bond acceptors (Lipinski definition) is 1. The Labute approximate surface area is 107 Å². The van der Waals surface area contributed by atoms with E-state index in [0.29, 0.717) is 0 Å². The van der Waals surface area contributed by atoms with E-state index < -0.39 is 12.8 Å². The van der Waals surface area contributed by atoms with Gasteiger partial charge in [-0.15, -0.1) is 0 Å². The Morgan fingerprint density at radius 1 is 1.36 bits per heavy atom. The van der Waals surface area contributed by atoms with E-state index >= 15 is 0 Å². The molecular formula is C5H9BF3KO. The average Bonchev–Trinajstić information content (AvgIpc) is 2.11. The fourth-order valence-electron chi connectivity index (χ4n) is 1.11. The van der Waals surface area contributed by atoms with Crippen LogP contribution in [-0.4, -0.2) is 19.7 Å². The van der Waals surface area contributed by atoms with Gasteiger partial charge in [-0.25, -0.2) is 0 Å². The summed E-state index contributed by atoms with van der Waals surface area (Å²) in [4.78, 5) is 0. The predicted octanol–water partition coefficient (Wildman–Crippen LogP) is -0.983. The summed E-state index contributed by atoms with van der Waals surface area (Å²) < 4.78 is 40.5. The van der Waals surface area contributed by atoms with Crippen molar-refractivity contribution < 1.29 is 69.1 Å². The van der Waals surface area contributed by atoms with Gasteiger partial charge in [0, 0.05) is 6.61 Å². The van der Waals surface area contributed by atoms with Gasteiger partial charge in [-0.05, 0) is 19.2 Å². The molecule has 0 aromatic carbocycles. The van der Waals surface area contributed by atoms with E-state index in [0.717, 1.165) is 0 Å². The van der Waals surface area contributed by atoms with Gasteiger partial charge in [0.25, 0.3) is 0 Å². The molecule has 1 fully saturated rings. The van der Waals surface area contributed by atoms with Crippen molar-refractivity contribution in [3.63, 3.8) is 0 Å². The first kappa shape index (κ1) is 12.5. The molecule has 1 nitrogen and oxygen atoms in total. The van der Waals surface area contributed by atoms with E-state index in [-0.39, 0.29) is 70.5 Å². The fourth-order valence-corrected chi connectivity index (χ4v) is 1.11. The van der Waals surface area contributed by atoms with Crippen LogP contribution in [0.25, 0.3) is 0 Å². The van der Waals surface area contributed by atoms with Crippen LogP contribution < -0.4 is 51.4 Å². The van der Waals surface area contributed by atoms with Gasteiger partial charge in [0.2, 0.25) is 0 Å². The molecule has 0 radical (unpaired) electrons. The van der Waals surface area contributed by atoms with Gasteiger partial charge in [-0.2, -0.15) is 0 Å². The maximum absolute atomic E-state index is 11.9. The molecular weight excluding hydrogens is 183 g/mol. The molecule has 0 bridgehead atoms. The predicted molar refractivity (Wildman–Crippen MR) is 32.9 cm³/mol. The minimum Gasteiger partial charge on any atom is -0.449 e. The van der Waals surface area contributed by atoms with Crippen LogP contribution in [0.15, 0.2) is 0 Å². The van der Waals surface area contributed by atoms with E-state index in [1.807, 2.05) is 0 Å². The van der Waals surface area contributed by atoms with Crippen molar-refractivity contribution >= 4 is 6.98 Å². The van der Waals surface area contributed by atoms with Gasteiger partial charge >= 0.3 is 58.4 Å². The second-order valence-corrected chi connectivity index (χ2v) is 2.77. The maximum atomic E-state index is 11.9.